The summed E-state index contributed by atoms with van der Waals surface area (Å²) in [5.74, 6) is -0.115. The minimum absolute atomic E-state index is 0.115. The molecule has 0 aliphatic carbocycles. The Labute approximate surface area is 117 Å². The number of rotatable bonds is 5. The van der Waals surface area contributed by atoms with Gasteiger partial charge in [0.25, 0.3) is 0 Å². The van der Waals surface area contributed by atoms with Crippen molar-refractivity contribution in [2.45, 2.75) is 32.4 Å². The first-order valence-electron chi connectivity index (χ1n) is 6.58. The molecule has 4 heteroatoms. The van der Waals surface area contributed by atoms with Crippen molar-refractivity contribution < 1.29 is 4.39 Å². The molecule has 1 aliphatic rings. The van der Waals surface area contributed by atoms with Crippen molar-refractivity contribution in [3.8, 4) is 0 Å². The van der Waals surface area contributed by atoms with Crippen LogP contribution in [0.5, 0.6) is 0 Å². The molecule has 0 amide bonds. The van der Waals surface area contributed by atoms with Crippen LogP contribution >= 0.6 is 15.9 Å². The molecule has 18 heavy (non-hydrogen) atoms. The van der Waals surface area contributed by atoms with E-state index in [-0.39, 0.29) is 5.82 Å². The maximum atomic E-state index is 13.7. The van der Waals surface area contributed by atoms with E-state index in [9.17, 15) is 4.39 Å². The third kappa shape index (κ3) is 3.77. The van der Waals surface area contributed by atoms with Crippen LogP contribution in [0.25, 0.3) is 0 Å². The maximum absolute atomic E-state index is 13.7. The van der Waals surface area contributed by atoms with E-state index in [4.69, 9.17) is 0 Å². The predicted octanol–water partition coefficient (Wildman–Crippen LogP) is 3.16. The zero-order chi connectivity index (χ0) is 13.0. The molecule has 1 atom stereocenters. The number of likely N-dealkylation sites (N-methyl/N-ethyl adjacent to an activating group) is 1. The molecule has 1 unspecified atom stereocenters. The van der Waals surface area contributed by atoms with Crippen molar-refractivity contribution in [2.75, 3.05) is 19.6 Å². The molecule has 0 bridgehead atoms. The molecule has 1 fully saturated rings. The summed E-state index contributed by atoms with van der Waals surface area (Å²) in [7, 11) is 0. The quantitative estimate of drug-likeness (QED) is 0.898. The summed E-state index contributed by atoms with van der Waals surface area (Å²) in [6.07, 6.45) is 2.49. The van der Waals surface area contributed by atoms with Crippen molar-refractivity contribution in [1.82, 2.24) is 10.2 Å². The summed E-state index contributed by atoms with van der Waals surface area (Å²) in [6.45, 7) is 5.88. The first-order chi connectivity index (χ1) is 8.69. The normalized spacial score (nSPS) is 19.7. The second kappa shape index (κ2) is 6.64. The van der Waals surface area contributed by atoms with Crippen molar-refractivity contribution in [3.05, 3.63) is 34.1 Å². The summed E-state index contributed by atoms with van der Waals surface area (Å²) in [5, 5.41) is 3.49. The Morgan fingerprint density at radius 3 is 3.00 bits per heavy atom. The Morgan fingerprint density at radius 1 is 1.50 bits per heavy atom. The van der Waals surface area contributed by atoms with E-state index >= 15 is 0 Å². The summed E-state index contributed by atoms with van der Waals surface area (Å²) >= 11 is 3.40. The second-order valence-electron chi connectivity index (χ2n) is 4.86. The molecule has 0 saturated carbocycles. The molecule has 0 aromatic heterocycles. The first kappa shape index (κ1) is 14.0. The van der Waals surface area contributed by atoms with Crippen LogP contribution in [0.1, 0.15) is 25.3 Å². The molecule has 2 rings (SSSR count). The van der Waals surface area contributed by atoms with Crippen LogP contribution in [0.2, 0.25) is 0 Å². The molecule has 2 nitrogen and oxygen atoms in total. The van der Waals surface area contributed by atoms with Crippen molar-refractivity contribution >= 4 is 15.9 Å². The lowest BCUT2D eigenvalue weighted by Gasteiger charge is -2.24. The lowest BCUT2D eigenvalue weighted by Crippen LogP contribution is -2.37. The molecule has 1 N–H and O–H groups in total. The maximum Gasteiger partial charge on any atom is 0.127 e. The van der Waals surface area contributed by atoms with E-state index in [0.29, 0.717) is 12.6 Å². The van der Waals surface area contributed by atoms with Gasteiger partial charge in [-0.05, 0) is 44.1 Å². The highest BCUT2D eigenvalue weighted by molar-refractivity contribution is 9.10. The van der Waals surface area contributed by atoms with Gasteiger partial charge in [0.15, 0.2) is 0 Å². The molecule has 1 aromatic carbocycles. The molecule has 1 saturated heterocycles. The van der Waals surface area contributed by atoms with E-state index in [2.05, 4.69) is 33.1 Å². The van der Waals surface area contributed by atoms with Crippen LogP contribution in [-0.2, 0) is 6.54 Å². The van der Waals surface area contributed by atoms with Gasteiger partial charge in [0.1, 0.15) is 5.82 Å². The van der Waals surface area contributed by atoms with Gasteiger partial charge in [-0.3, -0.25) is 4.90 Å². The molecular formula is C14H20BrFN2. The lowest BCUT2D eigenvalue weighted by atomic mass is 10.1. The topological polar surface area (TPSA) is 15.3 Å². The summed E-state index contributed by atoms with van der Waals surface area (Å²) < 4.78 is 14.7. The highest BCUT2D eigenvalue weighted by Crippen LogP contribution is 2.18. The average molecular weight is 315 g/mol. The van der Waals surface area contributed by atoms with Crippen molar-refractivity contribution in [2.24, 2.45) is 0 Å². The molecule has 0 radical (unpaired) electrons. The van der Waals surface area contributed by atoms with Gasteiger partial charge in [-0.25, -0.2) is 4.39 Å². The van der Waals surface area contributed by atoms with Crippen LogP contribution in [0, 0.1) is 5.82 Å². The number of nitrogens with zero attached hydrogens (tertiary/aromatic N) is 1. The fourth-order valence-electron chi connectivity index (χ4n) is 2.44. The van der Waals surface area contributed by atoms with Crippen LogP contribution in [0.4, 0.5) is 4.39 Å². The average Bonchev–Trinajstić information content (AvgIpc) is 2.85. The van der Waals surface area contributed by atoms with E-state index in [1.807, 2.05) is 6.07 Å². The van der Waals surface area contributed by atoms with Crippen LogP contribution < -0.4 is 5.32 Å². The largest absolute Gasteiger partial charge is 0.313 e. The Kier molecular flexibility index (Phi) is 5.15. The van der Waals surface area contributed by atoms with Crippen LogP contribution in [0.15, 0.2) is 22.7 Å². The second-order valence-corrected chi connectivity index (χ2v) is 5.77. The van der Waals surface area contributed by atoms with Gasteiger partial charge in [-0.2, -0.15) is 0 Å². The van der Waals surface area contributed by atoms with Gasteiger partial charge in [0, 0.05) is 29.2 Å². The number of hydrogen-bond donors (Lipinski definition) is 1. The Bertz CT molecular complexity index is 391. The number of halogens is 2. The highest BCUT2D eigenvalue weighted by Gasteiger charge is 2.17. The van der Waals surface area contributed by atoms with E-state index in [0.717, 1.165) is 29.7 Å². The third-order valence-corrected chi connectivity index (χ3v) is 3.98. The van der Waals surface area contributed by atoms with Crippen molar-refractivity contribution in [1.29, 1.82) is 0 Å². The summed E-state index contributed by atoms with van der Waals surface area (Å²) in [4.78, 5) is 2.30. The van der Waals surface area contributed by atoms with Gasteiger partial charge in [-0.15, -0.1) is 0 Å². The molecular weight excluding hydrogens is 295 g/mol. The number of benzene rings is 1. The predicted molar refractivity (Wildman–Crippen MR) is 76.1 cm³/mol. The van der Waals surface area contributed by atoms with Gasteiger partial charge in [0.2, 0.25) is 0 Å². The summed E-state index contributed by atoms with van der Waals surface area (Å²) in [5.41, 5.74) is 0.768. The zero-order valence-corrected chi connectivity index (χ0v) is 12.3. The summed E-state index contributed by atoms with van der Waals surface area (Å²) in [6, 6.07) is 5.72. The van der Waals surface area contributed by atoms with Gasteiger partial charge in [0.05, 0.1) is 0 Å². The fourth-order valence-corrected chi connectivity index (χ4v) is 2.84. The van der Waals surface area contributed by atoms with E-state index < -0.39 is 0 Å². The fraction of sp³-hybridized carbons (Fsp3) is 0.571. The minimum Gasteiger partial charge on any atom is -0.313 e. The molecule has 1 heterocycles. The Hall–Kier alpha value is -0.450. The number of hydrogen-bond acceptors (Lipinski definition) is 2. The molecule has 0 spiro atoms. The third-order valence-electron chi connectivity index (χ3n) is 3.49. The van der Waals surface area contributed by atoms with Crippen LogP contribution in [-0.4, -0.2) is 30.6 Å². The minimum atomic E-state index is -0.115. The SMILES string of the molecule is CCN(Cc1cc(Br)ccc1F)CC1CCCN1. The van der Waals surface area contributed by atoms with Crippen LogP contribution in [0.3, 0.4) is 0 Å². The smallest absolute Gasteiger partial charge is 0.127 e. The number of nitrogens with one attached hydrogen (secondary N) is 1. The Balaban J connectivity index is 1.98. The first-order valence-corrected chi connectivity index (χ1v) is 7.38. The lowest BCUT2D eigenvalue weighted by molar-refractivity contribution is 0.250. The Morgan fingerprint density at radius 2 is 2.33 bits per heavy atom. The van der Waals surface area contributed by atoms with Gasteiger partial charge >= 0.3 is 0 Å². The van der Waals surface area contributed by atoms with Gasteiger partial charge in [-0.1, -0.05) is 22.9 Å². The van der Waals surface area contributed by atoms with E-state index in [1.54, 1.807) is 6.07 Å². The zero-order valence-electron chi connectivity index (χ0n) is 10.8. The van der Waals surface area contributed by atoms with Crippen molar-refractivity contribution in [3.63, 3.8) is 0 Å². The molecule has 100 valence electrons. The standard InChI is InChI=1S/C14H20BrFN2/c1-2-18(10-13-4-3-7-17-13)9-11-8-12(15)5-6-14(11)16/h5-6,8,13,17H,2-4,7,9-10H2,1H3. The molecule has 1 aromatic rings. The molecule has 1 aliphatic heterocycles. The highest BCUT2D eigenvalue weighted by atomic mass is 79.9. The van der Waals surface area contributed by atoms with E-state index in [1.165, 1.54) is 18.9 Å². The monoisotopic (exact) mass is 314 g/mol. The van der Waals surface area contributed by atoms with Gasteiger partial charge < -0.3 is 5.32 Å².